The standard InChI is InChI=1S/C23H22N4O2S/c1-3-16-7-9-17(10-8-16)21-13-27-20(14-30-23(27)26-21)12-22(29)25-19-6-4-5-18(11-19)24-15(2)28/h4-11,13-14H,3,12H2,1-2H3,(H,24,28)(H,25,29). The fourth-order valence-electron chi connectivity index (χ4n) is 3.25. The molecule has 30 heavy (non-hydrogen) atoms. The number of amides is 2. The Morgan fingerprint density at radius 3 is 2.50 bits per heavy atom. The normalized spacial score (nSPS) is 10.9. The van der Waals surface area contributed by atoms with Crippen LogP contribution in [0, 0.1) is 0 Å². The zero-order chi connectivity index (χ0) is 21.1. The largest absolute Gasteiger partial charge is 0.326 e. The number of hydrogen-bond donors (Lipinski definition) is 2. The Morgan fingerprint density at radius 2 is 1.80 bits per heavy atom. The average molecular weight is 419 g/mol. The van der Waals surface area contributed by atoms with E-state index in [9.17, 15) is 9.59 Å². The van der Waals surface area contributed by atoms with Gasteiger partial charge in [0.05, 0.1) is 12.1 Å². The van der Waals surface area contributed by atoms with Crippen LogP contribution in [0.1, 0.15) is 25.1 Å². The summed E-state index contributed by atoms with van der Waals surface area (Å²) in [5.41, 5.74) is 5.42. The average Bonchev–Trinajstić information content (AvgIpc) is 3.30. The van der Waals surface area contributed by atoms with Gasteiger partial charge in [-0.1, -0.05) is 37.3 Å². The molecule has 0 aliphatic heterocycles. The van der Waals surface area contributed by atoms with Crippen molar-refractivity contribution in [2.45, 2.75) is 26.7 Å². The molecule has 152 valence electrons. The highest BCUT2D eigenvalue weighted by molar-refractivity contribution is 7.15. The van der Waals surface area contributed by atoms with Crippen LogP contribution in [-0.4, -0.2) is 21.2 Å². The summed E-state index contributed by atoms with van der Waals surface area (Å²) >= 11 is 1.52. The van der Waals surface area contributed by atoms with Crippen LogP contribution in [0.2, 0.25) is 0 Å². The Hall–Kier alpha value is -3.45. The Morgan fingerprint density at radius 1 is 1.07 bits per heavy atom. The van der Waals surface area contributed by atoms with Crippen LogP contribution in [0.25, 0.3) is 16.2 Å². The van der Waals surface area contributed by atoms with Gasteiger partial charge < -0.3 is 10.6 Å². The van der Waals surface area contributed by atoms with Crippen molar-refractivity contribution in [1.82, 2.24) is 9.38 Å². The van der Waals surface area contributed by atoms with E-state index >= 15 is 0 Å². The van der Waals surface area contributed by atoms with Crippen LogP contribution >= 0.6 is 11.3 Å². The number of carbonyl (C=O) groups excluding carboxylic acids is 2. The number of anilines is 2. The Balaban J connectivity index is 1.49. The lowest BCUT2D eigenvalue weighted by atomic mass is 10.1. The Bertz CT molecular complexity index is 1210. The number of benzene rings is 2. The van der Waals surface area contributed by atoms with Gasteiger partial charge in [-0.25, -0.2) is 4.98 Å². The fourth-order valence-corrected chi connectivity index (χ4v) is 4.13. The van der Waals surface area contributed by atoms with E-state index in [1.807, 2.05) is 16.0 Å². The van der Waals surface area contributed by atoms with Crippen LogP contribution in [0.3, 0.4) is 0 Å². The highest BCUT2D eigenvalue weighted by atomic mass is 32.1. The maximum atomic E-state index is 12.6. The topological polar surface area (TPSA) is 75.5 Å². The van der Waals surface area contributed by atoms with Crippen LogP contribution in [0.5, 0.6) is 0 Å². The first-order valence-corrected chi connectivity index (χ1v) is 10.6. The molecule has 2 N–H and O–H groups in total. The second-order valence-corrected chi connectivity index (χ2v) is 7.88. The molecule has 0 aliphatic carbocycles. The number of thiazole rings is 1. The molecule has 0 bridgehead atoms. The number of nitrogens with one attached hydrogen (secondary N) is 2. The Labute approximate surface area is 178 Å². The van der Waals surface area contributed by atoms with Crippen LogP contribution < -0.4 is 10.6 Å². The molecule has 0 unspecified atom stereocenters. The molecular weight excluding hydrogens is 396 g/mol. The third-order valence-electron chi connectivity index (χ3n) is 4.75. The zero-order valence-corrected chi connectivity index (χ0v) is 17.6. The summed E-state index contributed by atoms with van der Waals surface area (Å²) in [6, 6.07) is 15.5. The molecule has 6 nitrogen and oxygen atoms in total. The van der Waals surface area contributed by atoms with E-state index in [2.05, 4.69) is 41.8 Å². The van der Waals surface area contributed by atoms with Gasteiger partial charge in [0.15, 0.2) is 4.96 Å². The van der Waals surface area contributed by atoms with E-state index < -0.39 is 0 Å². The first-order valence-electron chi connectivity index (χ1n) is 9.74. The summed E-state index contributed by atoms with van der Waals surface area (Å²) < 4.78 is 1.97. The van der Waals surface area contributed by atoms with Crippen molar-refractivity contribution in [3.8, 4) is 11.3 Å². The number of aromatic nitrogens is 2. The van der Waals surface area contributed by atoms with Gasteiger partial charge in [-0.2, -0.15) is 0 Å². The van der Waals surface area contributed by atoms with Crippen LogP contribution in [-0.2, 0) is 22.4 Å². The van der Waals surface area contributed by atoms with Crippen molar-refractivity contribution in [3.63, 3.8) is 0 Å². The van der Waals surface area contributed by atoms with Gasteiger partial charge in [-0.3, -0.25) is 14.0 Å². The van der Waals surface area contributed by atoms with Crippen LogP contribution in [0.4, 0.5) is 11.4 Å². The number of fused-ring (bicyclic) bond motifs is 1. The molecule has 2 aromatic heterocycles. The summed E-state index contributed by atoms with van der Waals surface area (Å²) in [7, 11) is 0. The second-order valence-electron chi connectivity index (χ2n) is 7.04. The van der Waals surface area contributed by atoms with Crippen molar-refractivity contribution in [1.29, 1.82) is 0 Å². The van der Waals surface area contributed by atoms with E-state index in [0.29, 0.717) is 11.4 Å². The lowest BCUT2D eigenvalue weighted by molar-refractivity contribution is -0.116. The van der Waals surface area contributed by atoms with Gasteiger partial charge >= 0.3 is 0 Å². The first kappa shape index (κ1) is 19.8. The molecule has 2 heterocycles. The number of nitrogens with zero attached hydrogens (tertiary/aromatic N) is 2. The van der Waals surface area contributed by atoms with Gasteiger partial charge in [-0.15, -0.1) is 11.3 Å². The number of aryl methyl sites for hydroxylation is 1. The van der Waals surface area contributed by atoms with Gasteiger partial charge in [0.25, 0.3) is 0 Å². The van der Waals surface area contributed by atoms with Crippen molar-refractivity contribution >= 4 is 39.5 Å². The maximum Gasteiger partial charge on any atom is 0.230 e. The van der Waals surface area contributed by atoms with Crippen molar-refractivity contribution in [2.24, 2.45) is 0 Å². The molecule has 4 rings (SSSR count). The summed E-state index contributed by atoms with van der Waals surface area (Å²) in [6.07, 6.45) is 3.22. The quantitative estimate of drug-likeness (QED) is 0.474. The minimum absolute atomic E-state index is 0.128. The Kier molecular flexibility index (Phi) is 5.63. The number of hydrogen-bond acceptors (Lipinski definition) is 4. The number of rotatable bonds is 6. The smallest absolute Gasteiger partial charge is 0.230 e. The third kappa shape index (κ3) is 4.41. The molecular formula is C23H22N4O2S. The number of carbonyl (C=O) groups is 2. The van der Waals surface area contributed by atoms with E-state index in [1.54, 1.807) is 24.3 Å². The van der Waals surface area contributed by atoms with E-state index in [1.165, 1.54) is 23.8 Å². The highest BCUT2D eigenvalue weighted by Gasteiger charge is 2.13. The molecule has 7 heteroatoms. The second kappa shape index (κ2) is 8.51. The third-order valence-corrected chi connectivity index (χ3v) is 5.64. The molecule has 0 aliphatic rings. The van der Waals surface area contributed by atoms with Crippen LogP contribution in [0.15, 0.2) is 60.1 Å². The minimum atomic E-state index is -0.153. The molecule has 4 aromatic rings. The van der Waals surface area contributed by atoms with Crippen molar-refractivity contribution in [3.05, 3.63) is 71.4 Å². The molecule has 0 saturated carbocycles. The van der Waals surface area contributed by atoms with E-state index in [0.717, 1.165) is 28.3 Å². The zero-order valence-electron chi connectivity index (χ0n) is 16.8. The molecule has 2 aromatic carbocycles. The summed E-state index contributed by atoms with van der Waals surface area (Å²) in [4.78, 5) is 29.4. The lowest BCUT2D eigenvalue weighted by Crippen LogP contribution is -2.15. The lowest BCUT2D eigenvalue weighted by Gasteiger charge is -2.07. The molecule has 2 amide bonds. The highest BCUT2D eigenvalue weighted by Crippen LogP contribution is 2.25. The van der Waals surface area contributed by atoms with Crippen molar-refractivity contribution in [2.75, 3.05) is 10.6 Å². The maximum absolute atomic E-state index is 12.6. The van der Waals surface area contributed by atoms with Gasteiger partial charge in [0.1, 0.15) is 0 Å². The molecule has 0 atom stereocenters. The van der Waals surface area contributed by atoms with Gasteiger partial charge in [0.2, 0.25) is 11.8 Å². The van der Waals surface area contributed by atoms with Gasteiger partial charge in [0, 0.05) is 41.1 Å². The molecule has 0 radical (unpaired) electrons. The minimum Gasteiger partial charge on any atom is -0.326 e. The summed E-state index contributed by atoms with van der Waals surface area (Å²) in [5, 5.41) is 7.56. The van der Waals surface area contributed by atoms with E-state index in [4.69, 9.17) is 4.98 Å². The SMILES string of the molecule is CCc1ccc(-c2cn3c(CC(=O)Nc4cccc(NC(C)=O)c4)csc3n2)cc1. The monoisotopic (exact) mass is 418 g/mol. The predicted molar refractivity (Wildman–Crippen MR) is 121 cm³/mol. The molecule has 0 spiro atoms. The van der Waals surface area contributed by atoms with Crippen molar-refractivity contribution < 1.29 is 9.59 Å². The van der Waals surface area contributed by atoms with Gasteiger partial charge in [-0.05, 0) is 30.2 Å². The fraction of sp³-hybridized carbons (Fsp3) is 0.174. The number of imidazole rings is 1. The summed E-state index contributed by atoms with van der Waals surface area (Å²) in [6.45, 7) is 3.58. The first-order chi connectivity index (χ1) is 14.5. The molecule has 0 fully saturated rings. The molecule has 0 saturated heterocycles. The summed E-state index contributed by atoms with van der Waals surface area (Å²) in [5.74, 6) is -0.281. The van der Waals surface area contributed by atoms with E-state index in [-0.39, 0.29) is 18.2 Å². The predicted octanol–water partition coefficient (Wildman–Crippen LogP) is 4.76.